The van der Waals surface area contributed by atoms with Crippen molar-refractivity contribution in [2.24, 2.45) is 0 Å². The molecule has 72 valence electrons. The summed E-state index contributed by atoms with van der Waals surface area (Å²) in [5.74, 6) is 0. The third-order valence-corrected chi connectivity index (χ3v) is 1.96. The van der Waals surface area contributed by atoms with Gasteiger partial charge < -0.3 is 24.8 Å². The molecule has 0 aromatic carbocycles. The lowest BCUT2D eigenvalue weighted by Gasteiger charge is -2.16. The van der Waals surface area contributed by atoms with Crippen LogP contribution in [0.5, 0.6) is 0 Å². The number of aliphatic hydroxyl groups is 3. The highest BCUT2D eigenvalue weighted by atomic mass is 16.7. The van der Waals surface area contributed by atoms with Crippen molar-refractivity contribution in [3.63, 3.8) is 0 Å². The molecule has 0 amide bonds. The van der Waals surface area contributed by atoms with E-state index in [4.69, 9.17) is 14.6 Å². The first-order chi connectivity index (χ1) is 5.57. The van der Waals surface area contributed by atoms with E-state index in [-0.39, 0.29) is 0 Å². The van der Waals surface area contributed by atoms with Crippen molar-refractivity contribution in [1.29, 1.82) is 0 Å². The Labute approximate surface area is 70.5 Å². The summed E-state index contributed by atoms with van der Waals surface area (Å²) in [4.78, 5) is 0. The van der Waals surface area contributed by atoms with Gasteiger partial charge >= 0.3 is 0 Å². The zero-order valence-corrected chi connectivity index (χ0v) is 7.04. The van der Waals surface area contributed by atoms with Gasteiger partial charge in [-0.15, -0.1) is 0 Å². The van der Waals surface area contributed by atoms with Crippen molar-refractivity contribution >= 4 is 0 Å². The fourth-order valence-electron chi connectivity index (χ4n) is 1.27. The second kappa shape index (κ2) is 3.68. The SMILES string of the molecule is CO[C@@H]1O[C@@H]([C@@H](C)O)[C@H](O)[C@H]1O. The van der Waals surface area contributed by atoms with E-state index in [1.165, 1.54) is 14.0 Å². The molecule has 0 radical (unpaired) electrons. The number of rotatable bonds is 2. The van der Waals surface area contributed by atoms with Gasteiger partial charge in [0.1, 0.15) is 18.3 Å². The monoisotopic (exact) mass is 178 g/mol. The van der Waals surface area contributed by atoms with Crippen LogP contribution in [0.1, 0.15) is 6.92 Å². The van der Waals surface area contributed by atoms with Crippen LogP contribution in [0.4, 0.5) is 0 Å². The molecule has 0 unspecified atom stereocenters. The highest BCUT2D eigenvalue weighted by Gasteiger charge is 2.44. The van der Waals surface area contributed by atoms with E-state index < -0.39 is 30.7 Å². The maximum atomic E-state index is 9.31. The summed E-state index contributed by atoms with van der Waals surface area (Å²) in [6.07, 6.45) is -4.62. The summed E-state index contributed by atoms with van der Waals surface area (Å²) in [5, 5.41) is 27.7. The smallest absolute Gasteiger partial charge is 0.186 e. The molecule has 0 bridgehead atoms. The molecule has 5 heteroatoms. The zero-order valence-electron chi connectivity index (χ0n) is 7.04. The maximum absolute atomic E-state index is 9.31. The number of hydrogen-bond acceptors (Lipinski definition) is 5. The van der Waals surface area contributed by atoms with Crippen LogP contribution in [0, 0.1) is 0 Å². The predicted molar refractivity (Wildman–Crippen MR) is 39.4 cm³/mol. The Morgan fingerprint density at radius 2 is 1.92 bits per heavy atom. The quantitative estimate of drug-likeness (QED) is 0.477. The van der Waals surface area contributed by atoms with Crippen molar-refractivity contribution in [1.82, 2.24) is 0 Å². The van der Waals surface area contributed by atoms with Gasteiger partial charge in [0.25, 0.3) is 0 Å². The predicted octanol–water partition coefficient (Wildman–Crippen LogP) is -1.54. The van der Waals surface area contributed by atoms with Gasteiger partial charge in [-0.3, -0.25) is 0 Å². The Bertz CT molecular complexity index is 149. The van der Waals surface area contributed by atoms with Gasteiger partial charge in [-0.2, -0.15) is 0 Å². The summed E-state index contributed by atoms with van der Waals surface area (Å²) in [5.41, 5.74) is 0. The molecule has 1 saturated heterocycles. The normalized spacial score (nSPS) is 44.8. The highest BCUT2D eigenvalue weighted by Crippen LogP contribution is 2.23. The van der Waals surface area contributed by atoms with Crippen molar-refractivity contribution in [2.75, 3.05) is 7.11 Å². The Hall–Kier alpha value is -0.200. The van der Waals surface area contributed by atoms with Crippen molar-refractivity contribution in [2.45, 2.75) is 37.6 Å². The van der Waals surface area contributed by atoms with E-state index in [1.54, 1.807) is 0 Å². The van der Waals surface area contributed by atoms with Gasteiger partial charge in [-0.1, -0.05) is 0 Å². The minimum Gasteiger partial charge on any atom is -0.391 e. The molecular formula is C7H14O5. The molecule has 5 nitrogen and oxygen atoms in total. The first-order valence-corrected chi connectivity index (χ1v) is 3.80. The van der Waals surface area contributed by atoms with Crippen LogP contribution in [0.15, 0.2) is 0 Å². The van der Waals surface area contributed by atoms with Crippen LogP contribution in [0.25, 0.3) is 0 Å². The van der Waals surface area contributed by atoms with Gasteiger partial charge in [0.2, 0.25) is 0 Å². The summed E-state index contributed by atoms with van der Waals surface area (Å²) in [6, 6.07) is 0. The molecule has 12 heavy (non-hydrogen) atoms. The molecule has 1 rings (SSSR count). The second-order valence-electron chi connectivity index (χ2n) is 2.93. The van der Waals surface area contributed by atoms with E-state index >= 15 is 0 Å². The molecule has 1 heterocycles. The van der Waals surface area contributed by atoms with E-state index in [2.05, 4.69) is 0 Å². The number of methoxy groups -OCH3 is 1. The van der Waals surface area contributed by atoms with Crippen molar-refractivity contribution < 1.29 is 24.8 Å². The summed E-state index contributed by atoms with van der Waals surface area (Å²) in [6.45, 7) is 1.48. The Balaban J connectivity index is 2.60. The Morgan fingerprint density at radius 1 is 1.33 bits per heavy atom. The molecule has 0 aromatic rings. The number of ether oxygens (including phenoxy) is 2. The third kappa shape index (κ3) is 1.60. The molecule has 5 atom stereocenters. The largest absolute Gasteiger partial charge is 0.391 e. The fourth-order valence-corrected chi connectivity index (χ4v) is 1.27. The van der Waals surface area contributed by atoms with Crippen LogP contribution in [-0.2, 0) is 9.47 Å². The third-order valence-electron chi connectivity index (χ3n) is 1.96. The molecule has 0 saturated carbocycles. The molecule has 3 N–H and O–H groups in total. The van der Waals surface area contributed by atoms with Crippen LogP contribution >= 0.6 is 0 Å². The first kappa shape index (κ1) is 9.88. The second-order valence-corrected chi connectivity index (χ2v) is 2.93. The summed E-state index contributed by atoms with van der Waals surface area (Å²) < 4.78 is 9.76. The lowest BCUT2D eigenvalue weighted by atomic mass is 10.1. The van der Waals surface area contributed by atoms with Crippen molar-refractivity contribution in [3.8, 4) is 0 Å². The zero-order chi connectivity index (χ0) is 9.30. The maximum Gasteiger partial charge on any atom is 0.186 e. The van der Waals surface area contributed by atoms with E-state index in [0.717, 1.165) is 0 Å². The van der Waals surface area contributed by atoms with Gasteiger partial charge in [0.05, 0.1) is 6.10 Å². The summed E-state index contributed by atoms with van der Waals surface area (Å²) in [7, 11) is 1.37. The van der Waals surface area contributed by atoms with Crippen LogP contribution < -0.4 is 0 Å². The average molecular weight is 178 g/mol. The minimum atomic E-state index is -1.09. The van der Waals surface area contributed by atoms with Gasteiger partial charge in [0.15, 0.2) is 6.29 Å². The lowest BCUT2D eigenvalue weighted by Crippen LogP contribution is -2.37. The van der Waals surface area contributed by atoms with E-state index in [9.17, 15) is 10.2 Å². The Morgan fingerprint density at radius 3 is 2.17 bits per heavy atom. The van der Waals surface area contributed by atoms with Crippen LogP contribution in [0.3, 0.4) is 0 Å². The molecule has 1 fully saturated rings. The molecule has 1 aliphatic heterocycles. The highest BCUT2D eigenvalue weighted by molar-refractivity contribution is 4.89. The molecule has 0 aliphatic carbocycles. The van der Waals surface area contributed by atoms with Crippen molar-refractivity contribution in [3.05, 3.63) is 0 Å². The number of aliphatic hydroxyl groups excluding tert-OH is 3. The standard InChI is InChI=1S/C7H14O5/c1-3(8)6-4(9)5(10)7(11-2)12-6/h3-10H,1-2H3/t3-,4-,5-,6+,7-/m1/s1. The fraction of sp³-hybridized carbons (Fsp3) is 1.00. The van der Waals surface area contributed by atoms with Gasteiger partial charge in [-0.05, 0) is 6.92 Å². The lowest BCUT2D eigenvalue weighted by molar-refractivity contribution is -0.161. The molecule has 0 spiro atoms. The molecular weight excluding hydrogens is 164 g/mol. The molecule has 0 aromatic heterocycles. The van der Waals surface area contributed by atoms with Gasteiger partial charge in [0, 0.05) is 7.11 Å². The Kier molecular flexibility index (Phi) is 3.03. The van der Waals surface area contributed by atoms with Crippen LogP contribution in [-0.4, -0.2) is 53.1 Å². The summed E-state index contributed by atoms with van der Waals surface area (Å²) >= 11 is 0. The average Bonchev–Trinajstić information content (AvgIpc) is 2.30. The number of hydrogen-bond donors (Lipinski definition) is 3. The minimum absolute atomic E-state index is 0.773. The van der Waals surface area contributed by atoms with Crippen LogP contribution in [0.2, 0.25) is 0 Å². The van der Waals surface area contributed by atoms with E-state index in [0.29, 0.717) is 0 Å². The first-order valence-electron chi connectivity index (χ1n) is 3.80. The topological polar surface area (TPSA) is 79.2 Å². The molecule has 1 aliphatic rings. The van der Waals surface area contributed by atoms with E-state index in [1.807, 2.05) is 0 Å². The van der Waals surface area contributed by atoms with Gasteiger partial charge in [-0.25, -0.2) is 0 Å².